The maximum atomic E-state index is 13.7. The van der Waals surface area contributed by atoms with Crippen LogP contribution in [-0.4, -0.2) is 18.8 Å². The molecule has 0 heterocycles. The summed E-state index contributed by atoms with van der Waals surface area (Å²) in [4.78, 5) is 0. The molecule has 0 amide bonds. The van der Waals surface area contributed by atoms with Gasteiger partial charge in [-0.1, -0.05) is 13.8 Å². The second kappa shape index (κ2) is 4.19. The smallest absolute Gasteiger partial charge is 0.127 e. The van der Waals surface area contributed by atoms with Crippen molar-refractivity contribution >= 4 is 0 Å². The summed E-state index contributed by atoms with van der Waals surface area (Å²) in [5.74, 6) is 0.347. The molecule has 0 aromatic heterocycles. The van der Waals surface area contributed by atoms with E-state index >= 15 is 0 Å². The van der Waals surface area contributed by atoms with Crippen LogP contribution in [0, 0.1) is 12.7 Å². The molecule has 1 rings (SSSR count). The molecule has 0 unspecified atom stereocenters. The molecule has 15 heavy (non-hydrogen) atoms. The van der Waals surface area contributed by atoms with Gasteiger partial charge in [-0.15, -0.1) is 0 Å². The number of ether oxygens (including phenoxy) is 1. The number of hydrogen-bond acceptors (Lipinski definition) is 2. The molecule has 0 radical (unpaired) electrons. The summed E-state index contributed by atoms with van der Waals surface area (Å²) in [7, 11) is 1.55. The first-order valence-electron chi connectivity index (χ1n) is 4.88. The lowest BCUT2D eigenvalue weighted by molar-refractivity contribution is 0.214. The average molecular weight is 212 g/mol. The van der Waals surface area contributed by atoms with Crippen LogP contribution in [0.4, 0.5) is 4.39 Å². The fourth-order valence-corrected chi connectivity index (χ4v) is 1.79. The summed E-state index contributed by atoms with van der Waals surface area (Å²) in [6.07, 6.45) is 0. The number of hydrogen-bond donors (Lipinski definition) is 1. The highest BCUT2D eigenvalue weighted by Crippen LogP contribution is 2.33. The number of methoxy groups -OCH3 is 1. The van der Waals surface area contributed by atoms with Crippen molar-refractivity contribution in [3.8, 4) is 5.75 Å². The van der Waals surface area contributed by atoms with Gasteiger partial charge in [-0.25, -0.2) is 4.39 Å². The van der Waals surface area contributed by atoms with Gasteiger partial charge in [0.15, 0.2) is 0 Å². The van der Waals surface area contributed by atoms with Crippen molar-refractivity contribution in [2.45, 2.75) is 26.2 Å². The van der Waals surface area contributed by atoms with Crippen molar-refractivity contribution in [2.24, 2.45) is 0 Å². The minimum Gasteiger partial charge on any atom is -0.496 e. The van der Waals surface area contributed by atoms with E-state index in [1.807, 2.05) is 0 Å². The van der Waals surface area contributed by atoms with E-state index in [1.165, 1.54) is 6.07 Å². The molecule has 1 aromatic rings. The van der Waals surface area contributed by atoms with E-state index in [2.05, 4.69) is 0 Å². The molecule has 0 fully saturated rings. The molecule has 0 aliphatic heterocycles. The molecule has 0 atom stereocenters. The first-order valence-corrected chi connectivity index (χ1v) is 4.88. The Morgan fingerprint density at radius 2 is 2.00 bits per heavy atom. The number of halogens is 1. The molecule has 0 spiro atoms. The van der Waals surface area contributed by atoms with Crippen molar-refractivity contribution in [3.05, 3.63) is 29.1 Å². The maximum absolute atomic E-state index is 13.7. The molecule has 2 nitrogen and oxygen atoms in total. The molecule has 0 aliphatic carbocycles. The fraction of sp³-hybridized carbons (Fsp3) is 0.500. The van der Waals surface area contributed by atoms with E-state index in [0.717, 1.165) is 5.56 Å². The number of rotatable bonds is 3. The Balaban J connectivity index is 3.39. The monoisotopic (exact) mass is 212 g/mol. The van der Waals surface area contributed by atoms with E-state index in [4.69, 9.17) is 4.74 Å². The van der Waals surface area contributed by atoms with Crippen LogP contribution in [0.2, 0.25) is 0 Å². The zero-order chi connectivity index (χ0) is 11.6. The van der Waals surface area contributed by atoms with Gasteiger partial charge in [-0.05, 0) is 24.6 Å². The van der Waals surface area contributed by atoms with Crippen LogP contribution in [0.25, 0.3) is 0 Å². The molecule has 1 aromatic carbocycles. The lowest BCUT2D eigenvalue weighted by Gasteiger charge is -2.25. The van der Waals surface area contributed by atoms with Gasteiger partial charge in [0.2, 0.25) is 0 Å². The molecule has 3 heteroatoms. The number of aliphatic hydroxyl groups is 1. The summed E-state index contributed by atoms with van der Waals surface area (Å²) in [5, 5.41) is 9.25. The Morgan fingerprint density at radius 3 is 2.47 bits per heavy atom. The summed E-state index contributed by atoms with van der Waals surface area (Å²) in [6, 6.07) is 2.97. The number of benzene rings is 1. The third-order valence-electron chi connectivity index (χ3n) is 2.66. The average Bonchev–Trinajstić information content (AvgIpc) is 2.18. The van der Waals surface area contributed by atoms with E-state index in [-0.39, 0.29) is 12.4 Å². The third kappa shape index (κ3) is 2.12. The molecular weight excluding hydrogens is 195 g/mol. The first-order chi connectivity index (χ1) is 6.94. The van der Waals surface area contributed by atoms with Crippen molar-refractivity contribution in [2.75, 3.05) is 13.7 Å². The largest absolute Gasteiger partial charge is 0.496 e. The van der Waals surface area contributed by atoms with Gasteiger partial charge in [0.1, 0.15) is 11.6 Å². The van der Waals surface area contributed by atoms with Crippen LogP contribution in [-0.2, 0) is 5.41 Å². The van der Waals surface area contributed by atoms with Crippen LogP contribution in [0.3, 0.4) is 0 Å². The van der Waals surface area contributed by atoms with Gasteiger partial charge < -0.3 is 9.84 Å². The third-order valence-corrected chi connectivity index (χ3v) is 2.66. The minimum absolute atomic E-state index is 0.0993. The second-order valence-electron chi connectivity index (χ2n) is 4.29. The highest BCUT2D eigenvalue weighted by molar-refractivity contribution is 5.43. The predicted molar refractivity (Wildman–Crippen MR) is 57.8 cm³/mol. The standard InChI is InChI=1S/C12H17FO2/c1-8-10(15-4)6-5-9(13)11(8)12(2,3)7-14/h5-6,14H,7H2,1-4H3. The maximum Gasteiger partial charge on any atom is 0.127 e. The molecule has 0 saturated carbocycles. The Morgan fingerprint density at radius 1 is 1.40 bits per heavy atom. The van der Waals surface area contributed by atoms with E-state index in [1.54, 1.807) is 33.9 Å². The van der Waals surface area contributed by atoms with Crippen molar-refractivity contribution in [1.29, 1.82) is 0 Å². The number of aliphatic hydroxyl groups excluding tert-OH is 1. The van der Waals surface area contributed by atoms with E-state index in [0.29, 0.717) is 11.3 Å². The molecule has 0 saturated heterocycles. The summed E-state index contributed by atoms with van der Waals surface area (Å²) in [5.41, 5.74) is 0.670. The fourth-order valence-electron chi connectivity index (χ4n) is 1.79. The lowest BCUT2D eigenvalue weighted by Crippen LogP contribution is -2.25. The topological polar surface area (TPSA) is 29.5 Å². The van der Waals surface area contributed by atoms with Gasteiger partial charge in [-0.3, -0.25) is 0 Å². The van der Waals surface area contributed by atoms with Crippen LogP contribution in [0.5, 0.6) is 5.75 Å². The highest BCUT2D eigenvalue weighted by Gasteiger charge is 2.26. The van der Waals surface area contributed by atoms with E-state index in [9.17, 15) is 9.50 Å². The molecule has 0 aliphatic rings. The predicted octanol–water partition coefficient (Wildman–Crippen LogP) is 2.41. The van der Waals surface area contributed by atoms with E-state index < -0.39 is 5.41 Å². The Hall–Kier alpha value is -1.09. The van der Waals surface area contributed by atoms with Gasteiger partial charge in [0.25, 0.3) is 0 Å². The van der Waals surface area contributed by atoms with Gasteiger partial charge in [-0.2, -0.15) is 0 Å². The zero-order valence-corrected chi connectivity index (χ0v) is 9.60. The molecule has 84 valence electrons. The molecular formula is C12H17FO2. The Labute approximate surface area is 89.7 Å². The highest BCUT2D eigenvalue weighted by atomic mass is 19.1. The first kappa shape index (κ1) is 12.0. The van der Waals surface area contributed by atoms with Gasteiger partial charge in [0, 0.05) is 11.0 Å². The second-order valence-corrected chi connectivity index (χ2v) is 4.29. The molecule has 1 N–H and O–H groups in total. The van der Waals surface area contributed by atoms with Crippen molar-refractivity contribution in [1.82, 2.24) is 0 Å². The normalized spacial score (nSPS) is 11.6. The van der Waals surface area contributed by atoms with Crippen molar-refractivity contribution in [3.63, 3.8) is 0 Å². The van der Waals surface area contributed by atoms with Crippen LogP contribution in [0.15, 0.2) is 12.1 Å². The van der Waals surface area contributed by atoms with Crippen LogP contribution < -0.4 is 4.74 Å². The van der Waals surface area contributed by atoms with Gasteiger partial charge in [0.05, 0.1) is 13.7 Å². The Bertz CT molecular complexity index is 359. The lowest BCUT2D eigenvalue weighted by atomic mass is 9.82. The SMILES string of the molecule is COc1ccc(F)c(C(C)(C)CO)c1C. The molecule has 0 bridgehead atoms. The minimum atomic E-state index is -0.595. The summed E-state index contributed by atoms with van der Waals surface area (Å²) in [6.45, 7) is 5.31. The zero-order valence-electron chi connectivity index (χ0n) is 9.60. The van der Waals surface area contributed by atoms with Crippen LogP contribution >= 0.6 is 0 Å². The Kier molecular flexibility index (Phi) is 3.35. The summed E-state index contributed by atoms with van der Waals surface area (Å²) < 4.78 is 18.8. The summed E-state index contributed by atoms with van der Waals surface area (Å²) >= 11 is 0. The quantitative estimate of drug-likeness (QED) is 0.833. The van der Waals surface area contributed by atoms with Crippen molar-refractivity contribution < 1.29 is 14.2 Å². The van der Waals surface area contributed by atoms with Gasteiger partial charge >= 0.3 is 0 Å². The van der Waals surface area contributed by atoms with Crippen LogP contribution in [0.1, 0.15) is 25.0 Å².